The van der Waals surface area contributed by atoms with E-state index in [1.165, 1.54) is 64.0 Å². The molecular weight excluding hydrogens is 523 g/mol. The van der Waals surface area contributed by atoms with Gasteiger partial charge in [-0.25, -0.2) is 0 Å². The van der Waals surface area contributed by atoms with Gasteiger partial charge in [0.1, 0.15) is 0 Å². The average Bonchev–Trinajstić information content (AvgIpc) is 2.81. The van der Waals surface area contributed by atoms with Crippen molar-refractivity contribution in [1.82, 2.24) is 0 Å². The summed E-state index contributed by atoms with van der Waals surface area (Å²) in [5.74, 6) is -3.41. The maximum absolute atomic E-state index is 10.2. The molecule has 0 N–H and O–H groups in total. The van der Waals surface area contributed by atoms with Gasteiger partial charge < -0.3 is 58.0 Å². The molecule has 0 unspecified atom stereocenters. The molecule has 0 radical (unpaired) electrons. The smallest absolute Gasteiger partial charge is 0.854 e. The summed E-state index contributed by atoms with van der Waals surface area (Å²) in [6, 6.07) is 0. The second-order valence-corrected chi connectivity index (χ2v) is 5.25. The molecule has 0 aromatic heterocycles. The van der Waals surface area contributed by atoms with Crippen molar-refractivity contribution in [1.29, 1.82) is 0 Å². The third-order valence-corrected chi connectivity index (χ3v) is 4.02. The van der Waals surface area contributed by atoms with E-state index in [-0.39, 0.29) is 64.9 Å². The Bertz CT molecular complexity index is 273. The first-order chi connectivity index (χ1) is 14.2. The summed E-state index contributed by atoms with van der Waals surface area (Å²) < 4.78 is 43.5. The first kappa shape index (κ1) is 38.6. The van der Waals surface area contributed by atoms with Crippen LogP contribution in [0.25, 0.3) is 0 Å². The monoisotopic (exact) mass is 562 g/mol. The fourth-order valence-corrected chi connectivity index (χ4v) is 2.04. The Balaban J connectivity index is -0.000000174. The van der Waals surface area contributed by atoms with Gasteiger partial charge in [-0.05, 0) is 0 Å². The molecular formula is C18H39InO12. The molecule has 0 saturated heterocycles. The molecule has 0 saturated carbocycles. The van der Waals surface area contributed by atoms with Gasteiger partial charge in [-0.1, -0.05) is 0 Å². The third-order valence-electron chi connectivity index (χ3n) is 4.02. The topological polar surface area (TPSA) is 152 Å². The van der Waals surface area contributed by atoms with Crippen molar-refractivity contribution < 1.29 is 58.0 Å². The first-order valence-corrected chi connectivity index (χ1v) is 8.94. The Morgan fingerprint density at radius 3 is 0.548 bits per heavy atom. The maximum Gasteiger partial charge on any atom is 3.00 e. The third kappa shape index (κ3) is 15.8. The van der Waals surface area contributed by atoms with Crippen LogP contribution in [0, 0.1) is 0 Å². The predicted octanol–water partition coefficient (Wildman–Crippen LogP) is -2.39. The zero-order valence-electron chi connectivity index (χ0n) is 20.2. The maximum atomic E-state index is 10.2. The van der Waals surface area contributed by atoms with E-state index in [9.17, 15) is 15.3 Å². The number of hydrogen-bond donors (Lipinski definition) is 0. The van der Waals surface area contributed by atoms with Crippen molar-refractivity contribution in [2.45, 2.75) is 37.2 Å². The number of rotatable bonds is 15. The molecule has 186 valence electrons. The van der Waals surface area contributed by atoms with Crippen LogP contribution in [0.1, 0.15) is 19.3 Å². The Hall–Kier alpha value is 0.390. The van der Waals surface area contributed by atoms with Gasteiger partial charge in [0.15, 0.2) is 0 Å². The van der Waals surface area contributed by atoms with E-state index in [0.29, 0.717) is 0 Å². The molecule has 0 aliphatic heterocycles. The normalized spacial score (nSPS) is 11.6. The van der Waals surface area contributed by atoms with Gasteiger partial charge >= 0.3 is 25.8 Å². The van der Waals surface area contributed by atoms with E-state index in [2.05, 4.69) is 0 Å². The minimum atomic E-state index is -1.14. The molecule has 0 fully saturated rings. The van der Waals surface area contributed by atoms with Crippen LogP contribution in [0.5, 0.6) is 0 Å². The molecule has 0 rings (SSSR count). The summed E-state index contributed by atoms with van der Waals surface area (Å²) in [6.45, 7) is -0.847. The summed E-state index contributed by atoms with van der Waals surface area (Å²) in [6.07, 6.45) is 0.573. The summed E-state index contributed by atoms with van der Waals surface area (Å²) >= 11 is 0. The molecule has 31 heavy (non-hydrogen) atoms. The summed E-state index contributed by atoms with van der Waals surface area (Å²) in [7, 11) is 12.9. The molecule has 0 amide bonds. The van der Waals surface area contributed by atoms with Crippen LogP contribution in [0.2, 0.25) is 0 Å². The van der Waals surface area contributed by atoms with Crippen LogP contribution in [0.4, 0.5) is 0 Å². The molecule has 0 atom stereocenters. The van der Waals surface area contributed by atoms with Gasteiger partial charge in [-0.3, -0.25) is 0 Å². The van der Waals surface area contributed by atoms with Gasteiger partial charge in [0.25, 0.3) is 17.9 Å². The minimum Gasteiger partial charge on any atom is -0.854 e. The van der Waals surface area contributed by atoms with E-state index in [1.807, 2.05) is 0 Å². The Labute approximate surface area is 204 Å². The zero-order chi connectivity index (χ0) is 24.1. The van der Waals surface area contributed by atoms with Gasteiger partial charge in [0.2, 0.25) is 0 Å². The van der Waals surface area contributed by atoms with Gasteiger partial charge in [0, 0.05) is 83.3 Å². The van der Waals surface area contributed by atoms with Crippen LogP contribution in [0.3, 0.4) is 0 Å². The van der Waals surface area contributed by atoms with E-state index >= 15 is 0 Å². The fourth-order valence-electron chi connectivity index (χ4n) is 2.04. The van der Waals surface area contributed by atoms with Gasteiger partial charge in [-0.15, -0.1) is 19.8 Å². The van der Waals surface area contributed by atoms with E-state index in [0.717, 1.165) is 0 Å². The van der Waals surface area contributed by atoms with Crippen molar-refractivity contribution in [3.8, 4) is 0 Å². The minimum absolute atomic E-state index is 0. The van der Waals surface area contributed by atoms with Crippen molar-refractivity contribution >= 4 is 25.8 Å². The molecule has 0 heterocycles. The van der Waals surface area contributed by atoms with Crippen LogP contribution in [-0.2, 0) is 42.6 Å². The Morgan fingerprint density at radius 1 is 0.387 bits per heavy atom. The largest absolute Gasteiger partial charge is 3.00 e. The second-order valence-electron chi connectivity index (χ2n) is 5.25. The Morgan fingerprint density at radius 2 is 0.516 bits per heavy atom. The fraction of sp³-hybridized carbons (Fsp3) is 1.00. The zero-order valence-corrected chi connectivity index (χ0v) is 23.5. The summed E-state index contributed by atoms with van der Waals surface area (Å²) in [5.41, 5.74) is 0. The summed E-state index contributed by atoms with van der Waals surface area (Å²) in [4.78, 5) is 0. The van der Waals surface area contributed by atoms with E-state index in [1.54, 1.807) is 0 Å². The number of methoxy groups -OCH3 is 9. The Kier molecular flexibility index (Phi) is 29.3. The SMILES string of the molecule is COC(CC[O-])(OC)OC.COC(CC[O-])(OC)OC.COC(CC[O-])(OC)OC.[In+3]. The standard InChI is InChI=1S/3C6H13O4.In/c3*1-8-6(9-2,10-3)4-5-7;/h3*4-5H2,1-3H3;/q3*-1;+3. The molecule has 0 aliphatic rings. The van der Waals surface area contributed by atoms with Crippen LogP contribution in [-0.4, -0.2) is 128 Å². The van der Waals surface area contributed by atoms with Gasteiger partial charge in [-0.2, -0.15) is 0 Å². The predicted molar refractivity (Wildman–Crippen MR) is 105 cm³/mol. The van der Waals surface area contributed by atoms with Crippen LogP contribution < -0.4 is 15.3 Å². The molecule has 0 aromatic carbocycles. The van der Waals surface area contributed by atoms with Crippen LogP contribution in [0.15, 0.2) is 0 Å². The number of ether oxygens (including phenoxy) is 9. The van der Waals surface area contributed by atoms with E-state index < -0.39 is 17.9 Å². The molecule has 12 nitrogen and oxygen atoms in total. The first-order valence-electron chi connectivity index (χ1n) is 8.94. The molecule has 0 spiro atoms. The van der Waals surface area contributed by atoms with Gasteiger partial charge in [0.05, 0.1) is 0 Å². The van der Waals surface area contributed by atoms with Crippen molar-refractivity contribution in [3.63, 3.8) is 0 Å². The molecule has 0 aromatic rings. The quantitative estimate of drug-likeness (QED) is 0.196. The molecule has 0 aliphatic carbocycles. The molecule has 0 bridgehead atoms. The van der Waals surface area contributed by atoms with Crippen molar-refractivity contribution in [3.05, 3.63) is 0 Å². The second kappa shape index (κ2) is 23.5. The summed E-state index contributed by atoms with van der Waals surface area (Å²) in [5, 5.41) is 30.5. The van der Waals surface area contributed by atoms with Crippen molar-refractivity contribution in [2.75, 3.05) is 83.8 Å². The number of hydrogen-bond acceptors (Lipinski definition) is 12. The molecule has 13 heteroatoms. The van der Waals surface area contributed by atoms with Crippen molar-refractivity contribution in [2.24, 2.45) is 0 Å². The van der Waals surface area contributed by atoms with Crippen LogP contribution >= 0.6 is 0 Å². The average molecular weight is 562 g/mol. The van der Waals surface area contributed by atoms with E-state index in [4.69, 9.17) is 42.6 Å².